The summed E-state index contributed by atoms with van der Waals surface area (Å²) in [5.74, 6) is -2.93. The van der Waals surface area contributed by atoms with E-state index in [1.54, 1.807) is 19.9 Å². The average Bonchev–Trinajstić information content (AvgIpc) is 2.23. The summed E-state index contributed by atoms with van der Waals surface area (Å²) < 4.78 is 32.0. The number of halogens is 2. The van der Waals surface area contributed by atoms with Gasteiger partial charge < -0.3 is 10.1 Å². The van der Waals surface area contributed by atoms with Crippen molar-refractivity contribution in [3.05, 3.63) is 23.8 Å². The Labute approximate surface area is 103 Å². The van der Waals surface area contributed by atoms with Crippen LogP contribution in [0.25, 0.3) is 0 Å². The maximum atomic E-state index is 13.5. The summed E-state index contributed by atoms with van der Waals surface area (Å²) in [4.78, 5) is 11.1. The molecule has 4 nitrogen and oxygen atoms in total. The molecule has 0 fully saturated rings. The summed E-state index contributed by atoms with van der Waals surface area (Å²) >= 11 is 0. The van der Waals surface area contributed by atoms with Crippen LogP contribution in [0.1, 0.15) is 20.3 Å². The van der Waals surface area contributed by atoms with E-state index < -0.39 is 23.3 Å². The van der Waals surface area contributed by atoms with Crippen molar-refractivity contribution < 1.29 is 18.3 Å². The SMILES string of the molecule is CC(C)Oc1c(F)cc(NC(=O)CC#N)cc1F. The van der Waals surface area contributed by atoms with Crippen molar-refractivity contribution in [3.8, 4) is 11.8 Å². The number of hydrogen-bond donors (Lipinski definition) is 1. The fraction of sp³-hybridized carbons (Fsp3) is 0.333. The zero-order chi connectivity index (χ0) is 13.7. The van der Waals surface area contributed by atoms with Crippen LogP contribution in [0.5, 0.6) is 5.75 Å². The van der Waals surface area contributed by atoms with Crippen LogP contribution < -0.4 is 10.1 Å². The smallest absolute Gasteiger partial charge is 0.238 e. The summed E-state index contributed by atoms with van der Waals surface area (Å²) in [6, 6.07) is 3.51. The maximum Gasteiger partial charge on any atom is 0.238 e. The van der Waals surface area contributed by atoms with E-state index in [1.165, 1.54) is 0 Å². The Morgan fingerprint density at radius 1 is 1.44 bits per heavy atom. The van der Waals surface area contributed by atoms with Crippen molar-refractivity contribution in [2.45, 2.75) is 26.4 Å². The molecule has 0 radical (unpaired) electrons. The molecule has 0 aromatic heterocycles. The van der Waals surface area contributed by atoms with E-state index in [0.717, 1.165) is 12.1 Å². The van der Waals surface area contributed by atoms with E-state index in [2.05, 4.69) is 5.32 Å². The standard InChI is InChI=1S/C12H12F2N2O2/c1-7(2)18-12-9(13)5-8(6-10(12)14)16-11(17)3-4-15/h5-7H,3H2,1-2H3,(H,16,17). The molecule has 0 aliphatic carbocycles. The topological polar surface area (TPSA) is 62.1 Å². The number of hydrogen-bond acceptors (Lipinski definition) is 3. The summed E-state index contributed by atoms with van der Waals surface area (Å²) in [5, 5.41) is 10.5. The quantitative estimate of drug-likeness (QED) is 0.898. The number of nitrogens with one attached hydrogen (secondary N) is 1. The highest BCUT2D eigenvalue weighted by molar-refractivity contribution is 5.92. The van der Waals surface area contributed by atoms with Gasteiger partial charge in [-0.1, -0.05) is 0 Å². The first kappa shape index (κ1) is 13.9. The van der Waals surface area contributed by atoms with Crippen molar-refractivity contribution in [1.29, 1.82) is 5.26 Å². The fourth-order valence-corrected chi connectivity index (χ4v) is 1.26. The average molecular weight is 254 g/mol. The summed E-state index contributed by atoms with van der Waals surface area (Å²) in [5.41, 5.74) is -0.0543. The largest absolute Gasteiger partial charge is 0.485 e. The Morgan fingerprint density at radius 2 is 2.00 bits per heavy atom. The number of carbonyl (C=O) groups excluding carboxylic acids is 1. The van der Waals surface area contributed by atoms with Crippen molar-refractivity contribution >= 4 is 11.6 Å². The molecule has 0 saturated heterocycles. The van der Waals surface area contributed by atoms with Gasteiger partial charge in [0.15, 0.2) is 17.4 Å². The number of anilines is 1. The lowest BCUT2D eigenvalue weighted by Crippen LogP contribution is -2.12. The molecule has 1 aromatic carbocycles. The Hall–Kier alpha value is -2.16. The molecule has 0 aliphatic rings. The Kier molecular flexibility index (Phi) is 4.60. The molecule has 1 rings (SSSR count). The van der Waals surface area contributed by atoms with E-state index >= 15 is 0 Å². The second-order valence-electron chi connectivity index (χ2n) is 3.82. The minimum absolute atomic E-state index is 0.0543. The van der Waals surface area contributed by atoms with Gasteiger partial charge in [-0.25, -0.2) is 8.78 Å². The number of carbonyl (C=O) groups is 1. The van der Waals surface area contributed by atoms with Crippen molar-refractivity contribution in [2.24, 2.45) is 0 Å². The minimum atomic E-state index is -0.907. The van der Waals surface area contributed by atoms with Gasteiger partial charge in [-0.05, 0) is 13.8 Å². The number of benzene rings is 1. The number of nitriles is 1. The van der Waals surface area contributed by atoms with Gasteiger partial charge in [-0.3, -0.25) is 4.79 Å². The van der Waals surface area contributed by atoms with Crippen molar-refractivity contribution in [2.75, 3.05) is 5.32 Å². The molecule has 0 saturated carbocycles. The number of ether oxygens (including phenoxy) is 1. The van der Waals surface area contributed by atoms with Gasteiger partial charge in [0.25, 0.3) is 0 Å². The van der Waals surface area contributed by atoms with Gasteiger partial charge >= 0.3 is 0 Å². The van der Waals surface area contributed by atoms with Crippen LogP contribution in [0.15, 0.2) is 12.1 Å². The predicted molar refractivity (Wildman–Crippen MR) is 61.0 cm³/mol. The first-order valence-corrected chi connectivity index (χ1v) is 5.26. The van der Waals surface area contributed by atoms with Gasteiger partial charge in [0.1, 0.15) is 6.42 Å². The molecule has 0 atom stereocenters. The molecule has 18 heavy (non-hydrogen) atoms. The van der Waals surface area contributed by atoms with Crippen LogP contribution in [0.4, 0.5) is 14.5 Å². The fourth-order valence-electron chi connectivity index (χ4n) is 1.26. The van der Waals surface area contributed by atoms with Crippen molar-refractivity contribution in [3.63, 3.8) is 0 Å². The maximum absolute atomic E-state index is 13.5. The molecular formula is C12H12F2N2O2. The molecule has 0 unspecified atom stereocenters. The molecule has 0 bridgehead atoms. The normalized spacial score (nSPS) is 10.0. The van der Waals surface area contributed by atoms with E-state index in [4.69, 9.17) is 10.00 Å². The lowest BCUT2D eigenvalue weighted by atomic mass is 10.2. The Bertz CT molecular complexity index is 472. The van der Waals surface area contributed by atoms with Gasteiger partial charge in [0, 0.05) is 17.8 Å². The van der Waals surface area contributed by atoms with Crippen LogP contribution in [0.2, 0.25) is 0 Å². The van der Waals surface area contributed by atoms with Crippen LogP contribution in [-0.4, -0.2) is 12.0 Å². The van der Waals surface area contributed by atoms with Crippen LogP contribution in [-0.2, 0) is 4.79 Å². The van der Waals surface area contributed by atoms with Crippen molar-refractivity contribution in [1.82, 2.24) is 0 Å². The second-order valence-corrected chi connectivity index (χ2v) is 3.82. The first-order chi connectivity index (χ1) is 8.43. The van der Waals surface area contributed by atoms with E-state index in [1.807, 2.05) is 0 Å². The highest BCUT2D eigenvalue weighted by Gasteiger charge is 2.15. The van der Waals surface area contributed by atoms with E-state index in [0.29, 0.717) is 0 Å². The summed E-state index contributed by atoms with van der Waals surface area (Å²) in [6.45, 7) is 3.28. The summed E-state index contributed by atoms with van der Waals surface area (Å²) in [7, 11) is 0. The van der Waals surface area contributed by atoms with Gasteiger partial charge in [-0.15, -0.1) is 0 Å². The molecule has 96 valence electrons. The third kappa shape index (κ3) is 3.70. The molecule has 1 N–H and O–H groups in total. The van der Waals surface area contributed by atoms with Gasteiger partial charge in [-0.2, -0.15) is 5.26 Å². The molecule has 1 amide bonds. The number of nitrogens with zero attached hydrogens (tertiary/aromatic N) is 1. The Morgan fingerprint density at radius 3 is 2.44 bits per heavy atom. The van der Waals surface area contributed by atoms with E-state index in [-0.39, 0.29) is 18.2 Å². The monoisotopic (exact) mass is 254 g/mol. The molecule has 6 heteroatoms. The third-order valence-corrected chi connectivity index (χ3v) is 1.88. The van der Waals surface area contributed by atoms with Crippen LogP contribution in [0, 0.1) is 23.0 Å². The zero-order valence-electron chi connectivity index (χ0n) is 9.96. The molecule has 0 heterocycles. The van der Waals surface area contributed by atoms with E-state index in [9.17, 15) is 13.6 Å². The van der Waals surface area contributed by atoms with Gasteiger partial charge in [0.05, 0.1) is 12.2 Å². The molecule has 0 spiro atoms. The minimum Gasteiger partial charge on any atom is -0.485 e. The lowest BCUT2D eigenvalue weighted by molar-refractivity contribution is -0.115. The summed E-state index contributed by atoms with van der Waals surface area (Å²) in [6.07, 6.45) is -0.749. The molecule has 1 aromatic rings. The molecule has 0 aliphatic heterocycles. The number of amides is 1. The number of rotatable bonds is 4. The predicted octanol–water partition coefficient (Wildman–Crippen LogP) is 2.60. The lowest BCUT2D eigenvalue weighted by Gasteiger charge is -2.12. The van der Waals surface area contributed by atoms with Crippen LogP contribution >= 0.6 is 0 Å². The van der Waals surface area contributed by atoms with Gasteiger partial charge in [0.2, 0.25) is 5.91 Å². The second kappa shape index (κ2) is 5.96. The highest BCUT2D eigenvalue weighted by atomic mass is 19.1. The first-order valence-electron chi connectivity index (χ1n) is 5.26. The Balaban J connectivity index is 2.93. The zero-order valence-corrected chi connectivity index (χ0v) is 9.96. The molecular weight excluding hydrogens is 242 g/mol. The third-order valence-electron chi connectivity index (χ3n) is 1.88. The van der Waals surface area contributed by atoms with Crippen LogP contribution in [0.3, 0.4) is 0 Å². The highest BCUT2D eigenvalue weighted by Crippen LogP contribution is 2.26.